The van der Waals surface area contributed by atoms with Gasteiger partial charge in [0.2, 0.25) is 5.90 Å². The number of benzene rings is 2. The number of cyclic esters (lactones) is 1. The molecule has 1 heterocycles. The minimum Gasteiger partial charge on any atom is -0.493 e. The molecule has 28 heavy (non-hydrogen) atoms. The number of aliphatic imine (C=N–C) groups is 1. The predicted molar refractivity (Wildman–Crippen MR) is 103 cm³/mol. The molecule has 0 radical (unpaired) electrons. The van der Waals surface area contributed by atoms with Crippen molar-refractivity contribution in [1.29, 1.82) is 0 Å². The lowest BCUT2D eigenvalue weighted by Gasteiger charge is -2.10. The van der Waals surface area contributed by atoms with Gasteiger partial charge in [0.05, 0.1) is 24.8 Å². The van der Waals surface area contributed by atoms with Crippen molar-refractivity contribution in [3.63, 3.8) is 0 Å². The topological polar surface area (TPSA) is 83.4 Å². The van der Waals surface area contributed by atoms with Gasteiger partial charge in [0, 0.05) is 0 Å². The van der Waals surface area contributed by atoms with Crippen LogP contribution in [-0.2, 0) is 19.1 Å². The van der Waals surface area contributed by atoms with Gasteiger partial charge in [-0.2, -0.15) is 0 Å². The summed E-state index contributed by atoms with van der Waals surface area (Å²) in [5.74, 6) is -0.195. The minimum atomic E-state index is -0.583. The van der Waals surface area contributed by atoms with Crippen LogP contribution in [0.3, 0.4) is 0 Å². The van der Waals surface area contributed by atoms with E-state index in [4.69, 9.17) is 25.8 Å². The molecule has 2 aromatic carbocycles. The molecule has 0 atom stereocenters. The van der Waals surface area contributed by atoms with Gasteiger partial charge in [-0.3, -0.25) is 0 Å². The first-order valence-electron chi connectivity index (χ1n) is 8.17. The van der Waals surface area contributed by atoms with Crippen LogP contribution >= 0.6 is 11.6 Å². The summed E-state index contributed by atoms with van der Waals surface area (Å²) in [5.41, 5.74) is 1.30. The third-order valence-electron chi connectivity index (χ3n) is 3.79. The molecule has 0 saturated heterocycles. The highest BCUT2D eigenvalue weighted by molar-refractivity contribution is 6.34. The van der Waals surface area contributed by atoms with E-state index >= 15 is 0 Å². The summed E-state index contributed by atoms with van der Waals surface area (Å²) < 4.78 is 20.4. The Hall–Kier alpha value is -3.32. The molecule has 7 nitrogen and oxygen atoms in total. The van der Waals surface area contributed by atoms with Crippen molar-refractivity contribution >= 4 is 35.5 Å². The van der Waals surface area contributed by atoms with Crippen LogP contribution in [0.15, 0.2) is 53.2 Å². The van der Waals surface area contributed by atoms with Crippen molar-refractivity contribution in [2.75, 3.05) is 20.8 Å². The van der Waals surface area contributed by atoms with Crippen molar-refractivity contribution in [1.82, 2.24) is 0 Å². The molecule has 0 aromatic heterocycles. The quantitative estimate of drug-likeness (QED) is 0.545. The number of carbonyl (C=O) groups is 2. The van der Waals surface area contributed by atoms with Crippen LogP contribution in [0.25, 0.3) is 6.08 Å². The molecule has 0 amide bonds. The van der Waals surface area contributed by atoms with Crippen LogP contribution < -0.4 is 9.47 Å². The van der Waals surface area contributed by atoms with Crippen LogP contribution in [0.5, 0.6) is 11.5 Å². The number of nitrogens with zero attached hydrogens (tertiary/aromatic N) is 1. The first kappa shape index (κ1) is 19.4. The Morgan fingerprint density at radius 2 is 1.96 bits per heavy atom. The molecule has 0 fully saturated rings. The van der Waals surface area contributed by atoms with Gasteiger partial charge in [-0.1, -0.05) is 29.8 Å². The number of halogens is 1. The molecule has 0 unspecified atom stereocenters. The normalized spacial score (nSPS) is 14.5. The fraction of sp³-hybridized carbons (Fsp3) is 0.150. The van der Waals surface area contributed by atoms with E-state index in [1.807, 2.05) is 0 Å². The molecule has 0 saturated carbocycles. The fourth-order valence-corrected chi connectivity index (χ4v) is 2.62. The van der Waals surface area contributed by atoms with Crippen LogP contribution in [0.1, 0.15) is 11.1 Å². The number of hydrogen-bond acceptors (Lipinski definition) is 7. The van der Waals surface area contributed by atoms with E-state index < -0.39 is 11.9 Å². The summed E-state index contributed by atoms with van der Waals surface area (Å²) in [5, 5.41) is 0.434. The second-order valence-corrected chi connectivity index (χ2v) is 6.00. The highest BCUT2D eigenvalue weighted by Crippen LogP contribution is 2.30. The fourth-order valence-electron chi connectivity index (χ4n) is 2.41. The lowest BCUT2D eigenvalue weighted by Crippen LogP contribution is -2.12. The summed E-state index contributed by atoms with van der Waals surface area (Å²) in [6, 6.07) is 11.9. The zero-order valence-electron chi connectivity index (χ0n) is 15.1. The molecule has 144 valence electrons. The summed E-state index contributed by atoms with van der Waals surface area (Å²) >= 11 is 6.12. The van der Waals surface area contributed by atoms with Gasteiger partial charge in [0.15, 0.2) is 23.8 Å². The van der Waals surface area contributed by atoms with Crippen molar-refractivity contribution in [3.05, 3.63) is 64.3 Å². The number of rotatable bonds is 6. The second-order valence-electron chi connectivity index (χ2n) is 5.59. The lowest BCUT2D eigenvalue weighted by atomic mass is 10.1. The maximum Gasteiger partial charge on any atom is 0.363 e. The molecule has 8 heteroatoms. The maximum atomic E-state index is 12.2. The van der Waals surface area contributed by atoms with Gasteiger partial charge in [-0.15, -0.1) is 0 Å². The Morgan fingerprint density at radius 1 is 1.18 bits per heavy atom. The number of methoxy groups -OCH3 is 2. The van der Waals surface area contributed by atoms with Gasteiger partial charge in [-0.25, -0.2) is 14.6 Å². The molecule has 0 aliphatic carbocycles. The molecule has 3 rings (SSSR count). The standard InChI is InChI=1S/C20H16ClNO6/c1-25-17-10-12(7-8-16(17)27-11-18(23)26-2)9-15-20(24)28-19(22-15)13-5-3-4-6-14(13)21/h3-10H,11H2,1-2H3/b15-9-. The third-order valence-corrected chi connectivity index (χ3v) is 4.12. The zero-order chi connectivity index (χ0) is 20.1. The van der Waals surface area contributed by atoms with E-state index in [1.165, 1.54) is 14.2 Å². The van der Waals surface area contributed by atoms with E-state index in [9.17, 15) is 9.59 Å². The molecular weight excluding hydrogens is 386 g/mol. The minimum absolute atomic E-state index is 0.125. The van der Waals surface area contributed by atoms with E-state index in [1.54, 1.807) is 48.5 Å². The Balaban J connectivity index is 1.85. The van der Waals surface area contributed by atoms with Crippen LogP contribution in [-0.4, -0.2) is 38.7 Å². The lowest BCUT2D eigenvalue weighted by molar-refractivity contribution is -0.143. The van der Waals surface area contributed by atoms with E-state index in [0.29, 0.717) is 27.6 Å². The van der Waals surface area contributed by atoms with Crippen molar-refractivity contribution < 1.29 is 28.5 Å². The predicted octanol–water partition coefficient (Wildman–Crippen LogP) is 3.24. The highest BCUT2D eigenvalue weighted by Gasteiger charge is 2.25. The van der Waals surface area contributed by atoms with Crippen molar-refractivity contribution in [2.45, 2.75) is 0 Å². The summed E-state index contributed by atoms with van der Waals surface area (Å²) in [4.78, 5) is 27.6. The first-order valence-corrected chi connectivity index (χ1v) is 8.54. The van der Waals surface area contributed by atoms with Gasteiger partial charge >= 0.3 is 11.9 Å². The first-order chi connectivity index (χ1) is 13.5. The third kappa shape index (κ3) is 4.32. The SMILES string of the molecule is COC(=O)COc1ccc(/C=C2\N=C(c3ccccc3Cl)OC2=O)cc1OC. The van der Waals surface area contributed by atoms with Gasteiger partial charge in [0.25, 0.3) is 0 Å². The van der Waals surface area contributed by atoms with E-state index in [0.717, 1.165) is 0 Å². The number of ether oxygens (including phenoxy) is 4. The Morgan fingerprint density at radius 3 is 2.68 bits per heavy atom. The molecule has 1 aliphatic rings. The van der Waals surface area contributed by atoms with Gasteiger partial charge in [-0.05, 0) is 35.9 Å². The van der Waals surface area contributed by atoms with Crippen LogP contribution in [0, 0.1) is 0 Å². The molecule has 2 aromatic rings. The van der Waals surface area contributed by atoms with Crippen molar-refractivity contribution in [3.8, 4) is 11.5 Å². The highest BCUT2D eigenvalue weighted by atomic mass is 35.5. The summed E-state index contributed by atoms with van der Waals surface area (Å²) in [6.45, 7) is -0.245. The zero-order valence-corrected chi connectivity index (χ0v) is 15.9. The molecule has 0 bridgehead atoms. The van der Waals surface area contributed by atoms with E-state index in [-0.39, 0.29) is 18.2 Å². The van der Waals surface area contributed by atoms with E-state index in [2.05, 4.69) is 9.73 Å². The van der Waals surface area contributed by atoms with Crippen LogP contribution in [0.2, 0.25) is 5.02 Å². The molecule has 0 N–H and O–H groups in total. The molecule has 1 aliphatic heterocycles. The number of carbonyl (C=O) groups excluding carboxylic acids is 2. The summed E-state index contributed by atoms with van der Waals surface area (Å²) in [7, 11) is 2.74. The smallest absolute Gasteiger partial charge is 0.363 e. The number of hydrogen-bond donors (Lipinski definition) is 0. The Bertz CT molecular complexity index is 982. The van der Waals surface area contributed by atoms with Crippen molar-refractivity contribution in [2.24, 2.45) is 4.99 Å². The summed E-state index contributed by atoms with van der Waals surface area (Å²) in [6.07, 6.45) is 1.55. The second kappa shape index (κ2) is 8.58. The Kier molecular flexibility index (Phi) is 5.96. The average Bonchev–Trinajstić information content (AvgIpc) is 3.06. The van der Waals surface area contributed by atoms with Gasteiger partial charge in [0.1, 0.15) is 0 Å². The molecular formula is C20H16ClNO6. The molecule has 0 spiro atoms. The largest absolute Gasteiger partial charge is 0.493 e. The Labute approximate surface area is 166 Å². The van der Waals surface area contributed by atoms with Crippen LogP contribution in [0.4, 0.5) is 0 Å². The average molecular weight is 402 g/mol. The number of esters is 2. The maximum absolute atomic E-state index is 12.2. The van der Waals surface area contributed by atoms with Gasteiger partial charge < -0.3 is 18.9 Å². The monoisotopic (exact) mass is 401 g/mol.